The van der Waals surface area contributed by atoms with Gasteiger partial charge in [0.2, 0.25) is 5.91 Å². The molecule has 1 saturated heterocycles. The number of carbonyl (C=O) groups excluding carboxylic acids is 3. The van der Waals surface area contributed by atoms with Crippen molar-refractivity contribution >= 4 is 29.2 Å². The lowest BCUT2D eigenvalue weighted by Gasteiger charge is -2.25. The summed E-state index contributed by atoms with van der Waals surface area (Å²) in [5.74, 6) is -1.42. The number of ether oxygens (including phenoxy) is 1. The van der Waals surface area contributed by atoms with Crippen LogP contribution in [-0.2, 0) is 21.7 Å². The zero-order valence-electron chi connectivity index (χ0n) is 17.0. The van der Waals surface area contributed by atoms with Crippen molar-refractivity contribution in [3.05, 3.63) is 52.2 Å². The summed E-state index contributed by atoms with van der Waals surface area (Å²) in [4.78, 5) is 41.1. The highest BCUT2D eigenvalue weighted by Gasteiger charge is 2.50. The van der Waals surface area contributed by atoms with Crippen LogP contribution in [0.1, 0.15) is 30.9 Å². The third kappa shape index (κ3) is 4.57. The predicted octanol–water partition coefficient (Wildman–Crippen LogP) is 3.60. The quantitative estimate of drug-likeness (QED) is 0.631. The summed E-state index contributed by atoms with van der Waals surface area (Å²) in [5, 5.41) is 6.41. The second kappa shape index (κ2) is 8.12. The molecular formula is C21H20F3N3O4S. The molecule has 1 aliphatic carbocycles. The monoisotopic (exact) mass is 467 g/mol. The van der Waals surface area contributed by atoms with Crippen molar-refractivity contribution in [2.75, 3.05) is 6.54 Å². The van der Waals surface area contributed by atoms with Gasteiger partial charge in [0.05, 0.1) is 0 Å². The van der Waals surface area contributed by atoms with E-state index in [1.165, 1.54) is 30.4 Å². The van der Waals surface area contributed by atoms with Gasteiger partial charge in [0, 0.05) is 12.6 Å². The number of hydrogen-bond acceptors (Lipinski definition) is 5. The van der Waals surface area contributed by atoms with Gasteiger partial charge in [0.25, 0.3) is 5.91 Å². The first-order valence-corrected chi connectivity index (χ1v) is 10.8. The van der Waals surface area contributed by atoms with Gasteiger partial charge in [-0.15, -0.1) is 13.2 Å². The standard InChI is InChI=1S/C21H20F3N3O4S/c1-20(14-2-6-16(7-3-14)31-21(22,23)24)18(29)27(19(30)25-20)11-17(28)26(15-4-5-15)10-13-8-9-32-12-13/h2-3,6-9,12,15H,4-5,10-11H2,1H3,(H,25,30). The van der Waals surface area contributed by atoms with Crippen LogP contribution in [0.2, 0.25) is 0 Å². The lowest BCUT2D eigenvalue weighted by molar-refractivity contribution is -0.274. The zero-order valence-corrected chi connectivity index (χ0v) is 17.8. The third-order valence-corrected chi connectivity index (χ3v) is 6.21. The number of thiophene rings is 1. The Morgan fingerprint density at radius 3 is 2.50 bits per heavy atom. The fourth-order valence-electron chi connectivity index (χ4n) is 3.64. The van der Waals surface area contributed by atoms with E-state index in [2.05, 4.69) is 10.1 Å². The summed E-state index contributed by atoms with van der Waals surface area (Å²) in [7, 11) is 0. The van der Waals surface area contributed by atoms with Gasteiger partial charge < -0.3 is 15.0 Å². The van der Waals surface area contributed by atoms with E-state index in [0.717, 1.165) is 35.4 Å². The summed E-state index contributed by atoms with van der Waals surface area (Å²) in [6, 6.07) is 5.97. The van der Waals surface area contributed by atoms with Crippen molar-refractivity contribution in [2.45, 2.75) is 44.3 Å². The summed E-state index contributed by atoms with van der Waals surface area (Å²) in [5.41, 5.74) is -0.248. The Kier molecular flexibility index (Phi) is 5.61. The molecule has 11 heteroatoms. The Morgan fingerprint density at radius 1 is 1.25 bits per heavy atom. The minimum absolute atomic E-state index is 0.0933. The van der Waals surface area contributed by atoms with E-state index in [4.69, 9.17) is 0 Å². The Hall–Kier alpha value is -3.08. The highest BCUT2D eigenvalue weighted by Crippen LogP contribution is 2.33. The average Bonchev–Trinajstić information content (AvgIpc) is 3.38. The smallest absolute Gasteiger partial charge is 0.406 e. The maximum absolute atomic E-state index is 13.1. The maximum Gasteiger partial charge on any atom is 0.573 e. The molecule has 1 aromatic heterocycles. The normalized spacial score (nSPS) is 20.9. The van der Waals surface area contributed by atoms with Crippen LogP contribution in [0.4, 0.5) is 18.0 Å². The summed E-state index contributed by atoms with van der Waals surface area (Å²) >= 11 is 1.52. The first-order chi connectivity index (χ1) is 15.1. The minimum Gasteiger partial charge on any atom is -0.406 e. The number of nitrogens with one attached hydrogen (secondary N) is 1. The molecule has 0 spiro atoms. The van der Waals surface area contributed by atoms with Crippen molar-refractivity contribution < 1.29 is 32.3 Å². The van der Waals surface area contributed by atoms with Gasteiger partial charge in [-0.2, -0.15) is 11.3 Å². The lowest BCUT2D eigenvalue weighted by atomic mass is 9.92. The Labute approximate surface area is 185 Å². The number of alkyl halides is 3. The molecule has 170 valence electrons. The van der Waals surface area contributed by atoms with Crippen molar-refractivity contribution in [1.82, 2.24) is 15.1 Å². The molecular weight excluding hydrogens is 447 g/mol. The molecule has 0 radical (unpaired) electrons. The number of halogens is 3. The van der Waals surface area contributed by atoms with Gasteiger partial charge in [-0.3, -0.25) is 14.5 Å². The molecule has 32 heavy (non-hydrogen) atoms. The Bertz CT molecular complexity index is 1020. The highest BCUT2D eigenvalue weighted by molar-refractivity contribution is 7.07. The average molecular weight is 467 g/mol. The van der Waals surface area contributed by atoms with Crippen LogP contribution < -0.4 is 10.1 Å². The molecule has 1 atom stereocenters. The maximum atomic E-state index is 13.1. The second-order valence-electron chi connectivity index (χ2n) is 7.90. The van der Waals surface area contributed by atoms with E-state index in [9.17, 15) is 27.6 Å². The van der Waals surface area contributed by atoms with E-state index in [-0.39, 0.29) is 17.5 Å². The molecule has 2 aliphatic rings. The molecule has 2 fully saturated rings. The molecule has 7 nitrogen and oxygen atoms in total. The van der Waals surface area contributed by atoms with Crippen LogP contribution >= 0.6 is 11.3 Å². The fourth-order valence-corrected chi connectivity index (χ4v) is 4.30. The fraction of sp³-hybridized carbons (Fsp3) is 0.381. The number of nitrogens with zero attached hydrogens (tertiary/aromatic N) is 2. The van der Waals surface area contributed by atoms with Crippen molar-refractivity contribution in [3.63, 3.8) is 0 Å². The number of amides is 4. The number of carbonyl (C=O) groups is 3. The zero-order chi connectivity index (χ0) is 23.1. The molecule has 2 aromatic rings. The molecule has 1 aliphatic heterocycles. The topological polar surface area (TPSA) is 79.0 Å². The largest absolute Gasteiger partial charge is 0.573 e. The molecule has 1 unspecified atom stereocenters. The van der Waals surface area contributed by atoms with Gasteiger partial charge in [-0.1, -0.05) is 12.1 Å². The Balaban J connectivity index is 1.47. The number of imide groups is 1. The van der Waals surface area contributed by atoms with Gasteiger partial charge in [-0.25, -0.2) is 4.79 Å². The Morgan fingerprint density at radius 2 is 1.94 bits per heavy atom. The van der Waals surface area contributed by atoms with Gasteiger partial charge in [0.15, 0.2) is 0 Å². The molecule has 2 heterocycles. The molecule has 1 aromatic carbocycles. The molecule has 1 N–H and O–H groups in total. The summed E-state index contributed by atoms with van der Waals surface area (Å²) < 4.78 is 41.0. The van der Waals surface area contributed by atoms with Crippen LogP contribution in [0.25, 0.3) is 0 Å². The van der Waals surface area contributed by atoms with Crippen LogP contribution in [-0.4, -0.2) is 46.6 Å². The van der Waals surface area contributed by atoms with E-state index < -0.39 is 36.1 Å². The van der Waals surface area contributed by atoms with Crippen molar-refractivity contribution in [2.24, 2.45) is 0 Å². The van der Waals surface area contributed by atoms with Crippen molar-refractivity contribution in [3.8, 4) is 5.75 Å². The number of rotatable bonds is 7. The highest BCUT2D eigenvalue weighted by atomic mass is 32.1. The molecule has 4 rings (SSSR count). The van der Waals surface area contributed by atoms with Gasteiger partial charge >= 0.3 is 12.4 Å². The first kappa shape index (κ1) is 22.1. The SMILES string of the molecule is CC1(c2ccc(OC(F)(F)F)cc2)NC(=O)N(CC(=O)N(Cc2ccsc2)C2CC2)C1=O. The molecule has 1 saturated carbocycles. The minimum atomic E-state index is -4.84. The van der Waals surface area contributed by atoms with E-state index in [1.807, 2.05) is 16.8 Å². The van der Waals surface area contributed by atoms with Gasteiger partial charge in [-0.05, 0) is 59.9 Å². The van der Waals surface area contributed by atoms with E-state index in [1.54, 1.807) is 4.90 Å². The van der Waals surface area contributed by atoms with E-state index in [0.29, 0.717) is 6.54 Å². The number of hydrogen-bond donors (Lipinski definition) is 1. The third-order valence-electron chi connectivity index (χ3n) is 5.47. The molecule has 0 bridgehead atoms. The van der Waals surface area contributed by atoms with Crippen molar-refractivity contribution in [1.29, 1.82) is 0 Å². The summed E-state index contributed by atoms with van der Waals surface area (Å²) in [6.45, 7) is 1.45. The van der Waals surface area contributed by atoms with Crippen LogP contribution in [0.5, 0.6) is 5.75 Å². The summed E-state index contributed by atoms with van der Waals surface area (Å²) in [6.07, 6.45) is -3.09. The number of urea groups is 1. The predicted molar refractivity (Wildman–Crippen MR) is 109 cm³/mol. The second-order valence-corrected chi connectivity index (χ2v) is 8.68. The van der Waals surface area contributed by atoms with E-state index >= 15 is 0 Å². The lowest BCUT2D eigenvalue weighted by Crippen LogP contribution is -2.45. The van der Waals surface area contributed by atoms with Crippen LogP contribution in [0, 0.1) is 0 Å². The van der Waals surface area contributed by atoms with Crippen LogP contribution in [0.15, 0.2) is 41.1 Å². The molecule has 4 amide bonds. The first-order valence-electron chi connectivity index (χ1n) is 9.88. The van der Waals surface area contributed by atoms with Gasteiger partial charge in [0.1, 0.15) is 17.8 Å². The van der Waals surface area contributed by atoms with Crippen LogP contribution in [0.3, 0.4) is 0 Å². The number of benzene rings is 1.